The molecule has 0 saturated heterocycles. The number of urea groups is 1. The van der Waals surface area contributed by atoms with Crippen LogP contribution in [0.1, 0.15) is 17.2 Å². The van der Waals surface area contributed by atoms with Crippen molar-refractivity contribution in [3.8, 4) is 0 Å². The van der Waals surface area contributed by atoms with E-state index in [0.717, 1.165) is 16.0 Å². The van der Waals surface area contributed by atoms with Crippen molar-refractivity contribution in [1.82, 2.24) is 10.2 Å². The lowest BCUT2D eigenvalue weighted by atomic mass is 9.96. The maximum Gasteiger partial charge on any atom is 0.338 e. The molecular formula is C22H20ClN3O4S. The lowest BCUT2D eigenvalue weighted by Gasteiger charge is -2.32. The number of hydrogen-bond donors (Lipinski definition) is 2. The van der Waals surface area contributed by atoms with Gasteiger partial charge in [0.05, 0.1) is 28.0 Å². The second-order valence-electron chi connectivity index (χ2n) is 7.16. The molecule has 0 fully saturated rings. The normalized spacial score (nSPS) is 17.9. The van der Waals surface area contributed by atoms with Gasteiger partial charge in [-0.25, -0.2) is 9.59 Å². The minimum Gasteiger partial charge on any atom is -0.456 e. The Morgan fingerprint density at radius 1 is 1.26 bits per heavy atom. The average Bonchev–Trinajstić information content (AvgIpc) is 3.14. The summed E-state index contributed by atoms with van der Waals surface area (Å²) in [7, 11) is 0. The van der Waals surface area contributed by atoms with Crippen molar-refractivity contribution in [3.63, 3.8) is 0 Å². The number of para-hydroxylation sites is 1. The third-order valence-corrected chi connectivity index (χ3v) is 6.29. The van der Waals surface area contributed by atoms with Crippen LogP contribution < -0.4 is 10.6 Å². The fraction of sp³-hybridized carbons (Fsp3) is 0.227. The van der Waals surface area contributed by atoms with E-state index >= 15 is 0 Å². The first kappa shape index (κ1) is 21.3. The van der Waals surface area contributed by atoms with Crippen LogP contribution in [0.25, 0.3) is 0 Å². The van der Waals surface area contributed by atoms with E-state index in [1.165, 1.54) is 4.90 Å². The number of nitrogens with zero attached hydrogens (tertiary/aromatic N) is 1. The van der Waals surface area contributed by atoms with Gasteiger partial charge in [-0.1, -0.05) is 35.9 Å². The van der Waals surface area contributed by atoms with Gasteiger partial charge in [-0.05, 0) is 42.5 Å². The fourth-order valence-corrected chi connectivity index (χ4v) is 4.31. The number of nitrogens with one attached hydrogen (secondary N) is 2. The molecule has 0 spiro atoms. The van der Waals surface area contributed by atoms with E-state index in [9.17, 15) is 14.4 Å². The Morgan fingerprint density at radius 2 is 2.00 bits per heavy atom. The second-order valence-corrected chi connectivity index (χ2v) is 8.45. The number of aryl methyl sites for hydroxylation is 1. The topological polar surface area (TPSA) is 87.7 Å². The Bertz CT molecular complexity index is 1080. The zero-order valence-electron chi connectivity index (χ0n) is 16.9. The molecule has 0 radical (unpaired) electrons. The van der Waals surface area contributed by atoms with Crippen molar-refractivity contribution < 1.29 is 19.1 Å². The molecule has 0 aromatic heterocycles. The van der Waals surface area contributed by atoms with Crippen molar-refractivity contribution in [1.29, 1.82) is 0 Å². The number of halogens is 1. The number of thioether (sulfide) groups is 1. The number of hydrogen-bond acceptors (Lipinski definition) is 5. The van der Waals surface area contributed by atoms with Gasteiger partial charge in [0.2, 0.25) is 5.91 Å². The summed E-state index contributed by atoms with van der Waals surface area (Å²) < 4.78 is 5.21. The molecule has 2 aliphatic rings. The van der Waals surface area contributed by atoms with Gasteiger partial charge in [-0.15, -0.1) is 11.8 Å². The molecule has 160 valence electrons. The summed E-state index contributed by atoms with van der Waals surface area (Å²) >= 11 is 7.78. The number of rotatable bonds is 5. The van der Waals surface area contributed by atoms with Gasteiger partial charge in [0.25, 0.3) is 0 Å². The van der Waals surface area contributed by atoms with Gasteiger partial charge < -0.3 is 15.4 Å². The molecule has 1 atom stereocenters. The van der Waals surface area contributed by atoms with E-state index in [1.54, 1.807) is 23.9 Å². The monoisotopic (exact) mass is 457 g/mol. The Labute approximate surface area is 188 Å². The molecule has 1 unspecified atom stereocenters. The van der Waals surface area contributed by atoms with Crippen molar-refractivity contribution in [2.45, 2.75) is 17.9 Å². The van der Waals surface area contributed by atoms with Crippen molar-refractivity contribution in [3.05, 3.63) is 69.9 Å². The van der Waals surface area contributed by atoms with E-state index in [4.69, 9.17) is 16.3 Å². The number of amides is 3. The number of carbonyl (C=O) groups is 3. The van der Waals surface area contributed by atoms with E-state index in [1.807, 2.05) is 43.5 Å². The molecule has 2 aromatic carbocycles. The highest BCUT2D eigenvalue weighted by atomic mass is 35.5. The van der Waals surface area contributed by atoms with Crippen LogP contribution in [0.3, 0.4) is 0 Å². The first-order chi connectivity index (χ1) is 14.9. The average molecular weight is 458 g/mol. The first-order valence-electron chi connectivity index (χ1n) is 9.56. The Balaban J connectivity index is 1.60. The molecule has 2 aromatic rings. The SMILES string of the molecule is CSc1ccc(C2NC(=O)N(CC(=O)Nc3c(C)cccc3Cl)C3=C2C(=O)OC3)cc1. The second kappa shape index (κ2) is 8.64. The molecule has 0 aliphatic carbocycles. The maximum atomic E-state index is 12.9. The van der Waals surface area contributed by atoms with Crippen molar-refractivity contribution >= 4 is 47.0 Å². The molecule has 0 saturated carbocycles. The van der Waals surface area contributed by atoms with Crippen LogP contribution in [0.4, 0.5) is 10.5 Å². The van der Waals surface area contributed by atoms with Crippen LogP contribution in [-0.4, -0.2) is 42.2 Å². The summed E-state index contributed by atoms with van der Waals surface area (Å²) in [5.41, 5.74) is 2.81. The highest BCUT2D eigenvalue weighted by molar-refractivity contribution is 7.98. The smallest absolute Gasteiger partial charge is 0.338 e. The lowest BCUT2D eigenvalue weighted by molar-refractivity contribution is -0.136. The molecular weight excluding hydrogens is 438 g/mol. The number of ether oxygens (including phenoxy) is 1. The highest BCUT2D eigenvalue weighted by Crippen LogP contribution is 2.35. The van der Waals surface area contributed by atoms with Crippen LogP contribution >= 0.6 is 23.4 Å². The van der Waals surface area contributed by atoms with Gasteiger partial charge in [0.15, 0.2) is 0 Å². The zero-order valence-corrected chi connectivity index (χ0v) is 18.5. The molecule has 31 heavy (non-hydrogen) atoms. The molecule has 3 amide bonds. The summed E-state index contributed by atoms with van der Waals surface area (Å²) in [5.74, 6) is -0.929. The van der Waals surface area contributed by atoms with E-state index in [-0.39, 0.29) is 13.2 Å². The summed E-state index contributed by atoms with van der Waals surface area (Å²) in [6, 6.07) is 11.8. The number of benzene rings is 2. The Hall–Kier alpha value is -2.97. The van der Waals surface area contributed by atoms with Crippen LogP contribution in [-0.2, 0) is 14.3 Å². The quantitative estimate of drug-likeness (QED) is 0.525. The largest absolute Gasteiger partial charge is 0.456 e. The lowest BCUT2D eigenvalue weighted by Crippen LogP contribution is -2.49. The van der Waals surface area contributed by atoms with Gasteiger partial charge >= 0.3 is 12.0 Å². The summed E-state index contributed by atoms with van der Waals surface area (Å²) in [6.45, 7) is 1.50. The van der Waals surface area contributed by atoms with Gasteiger partial charge in [-0.3, -0.25) is 9.69 Å². The molecule has 2 aliphatic heterocycles. The summed E-state index contributed by atoms with van der Waals surface area (Å²) in [4.78, 5) is 40.3. The van der Waals surface area contributed by atoms with Crippen LogP contribution in [0.5, 0.6) is 0 Å². The Morgan fingerprint density at radius 3 is 2.68 bits per heavy atom. The van der Waals surface area contributed by atoms with E-state index in [2.05, 4.69) is 10.6 Å². The predicted octanol–water partition coefficient (Wildman–Crippen LogP) is 3.89. The van der Waals surface area contributed by atoms with Crippen LogP contribution in [0.2, 0.25) is 5.02 Å². The number of carbonyl (C=O) groups excluding carboxylic acids is 3. The van der Waals surface area contributed by atoms with Crippen molar-refractivity contribution in [2.24, 2.45) is 0 Å². The van der Waals surface area contributed by atoms with E-state index in [0.29, 0.717) is 22.0 Å². The summed E-state index contributed by atoms with van der Waals surface area (Å²) in [6.07, 6.45) is 1.97. The molecule has 0 bridgehead atoms. The molecule has 2 heterocycles. The molecule has 7 nitrogen and oxygen atoms in total. The molecule has 4 rings (SSSR count). The first-order valence-corrected chi connectivity index (χ1v) is 11.2. The predicted molar refractivity (Wildman–Crippen MR) is 119 cm³/mol. The Kier molecular flexibility index (Phi) is 5.93. The summed E-state index contributed by atoms with van der Waals surface area (Å²) in [5, 5.41) is 5.99. The number of cyclic esters (lactones) is 1. The fourth-order valence-electron chi connectivity index (χ4n) is 3.64. The minimum atomic E-state index is -0.626. The van der Waals surface area contributed by atoms with Gasteiger partial charge in [0.1, 0.15) is 13.2 Å². The molecule has 9 heteroatoms. The van der Waals surface area contributed by atoms with Crippen molar-refractivity contribution in [2.75, 3.05) is 24.7 Å². The zero-order chi connectivity index (χ0) is 22.1. The molecule has 2 N–H and O–H groups in total. The van der Waals surface area contributed by atoms with Crippen LogP contribution in [0.15, 0.2) is 58.6 Å². The third kappa shape index (κ3) is 4.13. The van der Waals surface area contributed by atoms with Gasteiger partial charge in [-0.2, -0.15) is 0 Å². The maximum absolute atomic E-state index is 12.9. The minimum absolute atomic E-state index is 0.0562. The highest BCUT2D eigenvalue weighted by Gasteiger charge is 2.42. The number of anilines is 1. The standard InChI is InChI=1S/C22H20ClN3O4S/c1-12-4-3-5-15(23)19(12)24-17(27)10-26-16-11-30-21(28)18(16)20(25-22(26)29)13-6-8-14(31-2)9-7-13/h3-9,20H,10-11H2,1-2H3,(H,24,27)(H,25,29). The van der Waals surface area contributed by atoms with Gasteiger partial charge in [0, 0.05) is 4.90 Å². The van der Waals surface area contributed by atoms with Crippen LogP contribution in [0, 0.1) is 6.92 Å². The number of esters is 1. The third-order valence-electron chi connectivity index (χ3n) is 5.24. The van der Waals surface area contributed by atoms with E-state index < -0.39 is 23.9 Å².